The summed E-state index contributed by atoms with van der Waals surface area (Å²) in [4.78, 5) is 42.9. The van der Waals surface area contributed by atoms with E-state index in [2.05, 4.69) is 10.6 Å². The molecular weight excluding hydrogens is 446 g/mol. The quantitative estimate of drug-likeness (QED) is 0.523. The molecule has 0 aliphatic heterocycles. The van der Waals surface area contributed by atoms with E-state index in [9.17, 15) is 14.4 Å². The number of ether oxygens (including phenoxy) is 1. The Bertz CT molecular complexity index is 1310. The zero-order chi connectivity index (χ0) is 24.4. The van der Waals surface area contributed by atoms with Gasteiger partial charge in [0.25, 0.3) is 5.91 Å². The highest BCUT2D eigenvalue weighted by atomic mass is 16.5. The number of carbonyl (C=O) groups is 3. The van der Waals surface area contributed by atoms with Crippen molar-refractivity contribution in [2.45, 2.75) is 57.6 Å². The fourth-order valence-corrected chi connectivity index (χ4v) is 4.84. The molecule has 0 bridgehead atoms. The first-order chi connectivity index (χ1) is 17.0. The second-order valence-electron chi connectivity index (χ2n) is 9.01. The molecule has 2 aliphatic carbocycles. The molecule has 0 spiro atoms. The number of nitrogens with one attached hydrogen (secondary N) is 2. The average molecular weight is 474 g/mol. The maximum Gasteiger partial charge on any atom is 0.339 e. The van der Waals surface area contributed by atoms with Crippen LogP contribution in [0.3, 0.4) is 0 Å². The summed E-state index contributed by atoms with van der Waals surface area (Å²) in [7, 11) is 0. The maximum absolute atomic E-state index is 13.4. The molecule has 5 rings (SSSR count). The largest absolute Gasteiger partial charge is 0.465 e. The highest BCUT2D eigenvalue weighted by Crippen LogP contribution is 2.38. The van der Waals surface area contributed by atoms with Gasteiger partial charge in [0.05, 0.1) is 23.0 Å². The molecule has 35 heavy (non-hydrogen) atoms. The predicted octanol–water partition coefficient (Wildman–Crippen LogP) is 4.63. The number of hydrogen-bond acceptors (Lipinski definition) is 6. The number of fused-ring (bicyclic) bond motifs is 2. The minimum absolute atomic E-state index is 0.0786. The third kappa shape index (κ3) is 4.82. The van der Waals surface area contributed by atoms with Gasteiger partial charge in [0, 0.05) is 11.4 Å². The van der Waals surface area contributed by atoms with Crippen LogP contribution in [0.25, 0.3) is 22.6 Å². The van der Waals surface area contributed by atoms with Gasteiger partial charge in [-0.15, -0.1) is 0 Å². The Morgan fingerprint density at radius 1 is 1.11 bits per heavy atom. The van der Waals surface area contributed by atoms with Crippen LogP contribution in [0.1, 0.15) is 66.4 Å². The monoisotopic (exact) mass is 473 g/mol. The second-order valence-corrected chi connectivity index (χ2v) is 9.01. The summed E-state index contributed by atoms with van der Waals surface area (Å²) in [5.41, 5.74) is 3.57. The van der Waals surface area contributed by atoms with Crippen LogP contribution in [-0.2, 0) is 16.0 Å². The van der Waals surface area contributed by atoms with E-state index in [4.69, 9.17) is 14.1 Å². The SMILES string of the molecule is C[C@H](OC(=O)c1c2c(nc3ccccc13)/C(=C\c1ccco1)CC2)C(=O)NC(=O)NC1CCCC1. The molecule has 2 N–H and O–H groups in total. The number of hydrogen-bond donors (Lipinski definition) is 2. The molecule has 1 fully saturated rings. The maximum atomic E-state index is 13.4. The number of carbonyl (C=O) groups excluding carboxylic acids is 3. The van der Waals surface area contributed by atoms with Gasteiger partial charge in [-0.05, 0) is 68.0 Å². The van der Waals surface area contributed by atoms with Gasteiger partial charge in [0.15, 0.2) is 6.10 Å². The van der Waals surface area contributed by atoms with Gasteiger partial charge in [-0.2, -0.15) is 0 Å². The third-order valence-electron chi connectivity index (χ3n) is 6.59. The number of esters is 1. The summed E-state index contributed by atoms with van der Waals surface area (Å²) in [6.45, 7) is 1.46. The minimum Gasteiger partial charge on any atom is -0.465 e. The Hall–Kier alpha value is -3.94. The molecule has 1 atom stereocenters. The van der Waals surface area contributed by atoms with Gasteiger partial charge in [0.2, 0.25) is 0 Å². The van der Waals surface area contributed by atoms with Crippen molar-refractivity contribution in [2.24, 2.45) is 0 Å². The van der Waals surface area contributed by atoms with E-state index < -0.39 is 24.0 Å². The fourth-order valence-electron chi connectivity index (χ4n) is 4.84. The number of nitrogens with zero attached hydrogens (tertiary/aromatic N) is 1. The van der Waals surface area contributed by atoms with Crippen molar-refractivity contribution in [3.63, 3.8) is 0 Å². The van der Waals surface area contributed by atoms with Crippen LogP contribution >= 0.6 is 0 Å². The Balaban J connectivity index is 1.37. The summed E-state index contributed by atoms with van der Waals surface area (Å²) < 4.78 is 11.0. The molecule has 0 unspecified atom stereocenters. The molecular formula is C27H27N3O5. The van der Waals surface area contributed by atoms with Crippen molar-refractivity contribution >= 4 is 40.5 Å². The molecule has 0 radical (unpaired) electrons. The normalized spacial score (nSPS) is 17.3. The highest BCUT2D eigenvalue weighted by Gasteiger charge is 2.30. The van der Waals surface area contributed by atoms with E-state index in [1.807, 2.05) is 42.5 Å². The zero-order valence-electron chi connectivity index (χ0n) is 19.5. The van der Waals surface area contributed by atoms with E-state index >= 15 is 0 Å². The summed E-state index contributed by atoms with van der Waals surface area (Å²) in [6.07, 6.45) is 7.67. The van der Waals surface area contributed by atoms with E-state index in [1.54, 1.807) is 6.26 Å². The molecule has 2 heterocycles. The van der Waals surface area contributed by atoms with Crippen LogP contribution in [0, 0.1) is 0 Å². The topological polar surface area (TPSA) is 111 Å². The van der Waals surface area contributed by atoms with Crippen molar-refractivity contribution in [1.82, 2.24) is 15.6 Å². The molecule has 3 aromatic rings. The van der Waals surface area contributed by atoms with Gasteiger partial charge in [-0.3, -0.25) is 10.1 Å². The van der Waals surface area contributed by atoms with Gasteiger partial charge in [-0.1, -0.05) is 31.0 Å². The predicted molar refractivity (Wildman–Crippen MR) is 130 cm³/mol. The molecule has 2 aromatic heterocycles. The zero-order valence-corrected chi connectivity index (χ0v) is 19.5. The van der Waals surface area contributed by atoms with Gasteiger partial charge in [-0.25, -0.2) is 14.6 Å². The molecule has 8 nitrogen and oxygen atoms in total. The van der Waals surface area contributed by atoms with Crippen LogP contribution in [0.15, 0.2) is 47.1 Å². The number of benzene rings is 1. The second kappa shape index (κ2) is 9.74. The number of amides is 3. The third-order valence-corrected chi connectivity index (χ3v) is 6.59. The van der Waals surface area contributed by atoms with Crippen LogP contribution in [0.5, 0.6) is 0 Å². The lowest BCUT2D eigenvalue weighted by molar-refractivity contribution is -0.127. The fraction of sp³-hybridized carbons (Fsp3) is 0.333. The summed E-state index contributed by atoms with van der Waals surface area (Å²) >= 11 is 0. The lowest BCUT2D eigenvalue weighted by atomic mass is 10.0. The number of imide groups is 1. The molecule has 1 aromatic carbocycles. The molecule has 180 valence electrons. The molecule has 0 saturated heterocycles. The number of para-hydroxylation sites is 1. The van der Waals surface area contributed by atoms with Crippen molar-refractivity contribution < 1.29 is 23.5 Å². The van der Waals surface area contributed by atoms with E-state index in [0.717, 1.165) is 42.5 Å². The first-order valence-electron chi connectivity index (χ1n) is 12.0. The molecule has 8 heteroatoms. The van der Waals surface area contributed by atoms with Crippen LogP contribution < -0.4 is 10.6 Å². The molecule has 2 aliphatic rings. The standard InChI is InChI=1S/C27H27N3O5/c1-16(25(31)30-27(33)28-18-7-2-3-8-18)35-26(32)23-20-10-4-5-11-22(20)29-24-17(12-13-21(23)24)15-19-9-6-14-34-19/h4-6,9-11,14-16,18H,2-3,7-8,12-13H2,1H3,(H2,28,30,31,33)/b17-15-/t16-/m0/s1. The Kier molecular flexibility index (Phi) is 6.35. The number of pyridine rings is 1. The van der Waals surface area contributed by atoms with Crippen LogP contribution in [-0.4, -0.2) is 35.0 Å². The Morgan fingerprint density at radius 3 is 2.69 bits per heavy atom. The number of urea groups is 1. The smallest absolute Gasteiger partial charge is 0.339 e. The van der Waals surface area contributed by atoms with Crippen molar-refractivity contribution in [1.29, 1.82) is 0 Å². The van der Waals surface area contributed by atoms with Crippen LogP contribution in [0.2, 0.25) is 0 Å². The highest BCUT2D eigenvalue weighted by molar-refractivity contribution is 6.08. The average Bonchev–Trinajstić information content (AvgIpc) is 3.61. The minimum atomic E-state index is -1.14. The van der Waals surface area contributed by atoms with Crippen molar-refractivity contribution in [3.8, 4) is 0 Å². The van der Waals surface area contributed by atoms with E-state index in [-0.39, 0.29) is 6.04 Å². The van der Waals surface area contributed by atoms with Crippen molar-refractivity contribution in [2.75, 3.05) is 0 Å². The van der Waals surface area contributed by atoms with Gasteiger partial charge in [0.1, 0.15) is 5.76 Å². The first kappa shape index (κ1) is 22.8. The Morgan fingerprint density at radius 2 is 1.91 bits per heavy atom. The lowest BCUT2D eigenvalue weighted by Crippen LogP contribution is -2.47. The van der Waals surface area contributed by atoms with Crippen LogP contribution in [0.4, 0.5) is 4.79 Å². The number of rotatable bonds is 5. The number of furan rings is 1. The molecule has 3 amide bonds. The van der Waals surface area contributed by atoms with Crippen molar-refractivity contribution in [3.05, 3.63) is 65.2 Å². The summed E-state index contributed by atoms with van der Waals surface area (Å²) in [6, 6.07) is 10.6. The summed E-state index contributed by atoms with van der Waals surface area (Å²) in [5.74, 6) is -0.562. The van der Waals surface area contributed by atoms with E-state index in [1.165, 1.54) is 6.92 Å². The van der Waals surface area contributed by atoms with Gasteiger partial charge >= 0.3 is 12.0 Å². The van der Waals surface area contributed by atoms with E-state index in [0.29, 0.717) is 35.1 Å². The lowest BCUT2D eigenvalue weighted by Gasteiger charge is -2.17. The van der Waals surface area contributed by atoms with Gasteiger partial charge < -0.3 is 14.5 Å². The Labute approximate surface area is 202 Å². The number of allylic oxidation sites excluding steroid dienone is 1. The molecule has 1 saturated carbocycles. The summed E-state index contributed by atoms with van der Waals surface area (Å²) in [5, 5.41) is 5.75. The number of aromatic nitrogens is 1. The first-order valence-corrected chi connectivity index (χ1v) is 12.0.